The standard InChI is InChI=1S/C18H21NO5/c1-23-12-4-3-10-11(20)9-18-16(22)13(24-2)5-6-17(18,7-8-19-18)14(10)15(12)21/h3-5,11,19-21H,6-9H2,1-2H3/t11-,17+,18+/m0/s1. The summed E-state index contributed by atoms with van der Waals surface area (Å²) in [5.74, 6) is 0.537. The number of phenolic OH excluding ortho intramolecular Hbond substituents is 1. The molecule has 24 heavy (non-hydrogen) atoms. The summed E-state index contributed by atoms with van der Waals surface area (Å²) in [6.45, 7) is 0.638. The number of Topliss-reactive ketones (excluding diaryl/α,β-unsaturated/α-hetero) is 1. The summed E-state index contributed by atoms with van der Waals surface area (Å²) in [5, 5.41) is 24.8. The zero-order valence-electron chi connectivity index (χ0n) is 13.8. The number of carbonyl (C=O) groups is 1. The molecule has 3 aliphatic rings. The summed E-state index contributed by atoms with van der Waals surface area (Å²) < 4.78 is 10.5. The van der Waals surface area contributed by atoms with Gasteiger partial charge in [-0.15, -0.1) is 0 Å². The smallest absolute Gasteiger partial charge is 0.217 e. The van der Waals surface area contributed by atoms with Crippen LogP contribution in [0.1, 0.15) is 36.5 Å². The van der Waals surface area contributed by atoms with Crippen molar-refractivity contribution in [1.82, 2.24) is 5.32 Å². The van der Waals surface area contributed by atoms with Gasteiger partial charge in [-0.1, -0.05) is 6.07 Å². The molecule has 1 aliphatic heterocycles. The summed E-state index contributed by atoms with van der Waals surface area (Å²) in [7, 11) is 2.98. The SMILES string of the molecule is COC1=CC[C@]23CCN[C@]2(C[C@H](O)c2ccc(OC)c(O)c23)C1=O. The first kappa shape index (κ1) is 15.5. The van der Waals surface area contributed by atoms with Crippen molar-refractivity contribution in [2.75, 3.05) is 20.8 Å². The van der Waals surface area contributed by atoms with E-state index in [1.165, 1.54) is 14.2 Å². The van der Waals surface area contributed by atoms with E-state index in [1.807, 2.05) is 0 Å². The second-order valence-electron chi connectivity index (χ2n) is 6.77. The van der Waals surface area contributed by atoms with E-state index in [1.54, 1.807) is 18.2 Å². The molecule has 6 nitrogen and oxygen atoms in total. The Morgan fingerprint density at radius 2 is 2.08 bits per heavy atom. The van der Waals surface area contributed by atoms with Gasteiger partial charge in [0.2, 0.25) is 5.78 Å². The van der Waals surface area contributed by atoms with Crippen LogP contribution in [0.4, 0.5) is 0 Å². The first-order chi connectivity index (χ1) is 11.5. The number of aromatic hydroxyl groups is 1. The van der Waals surface area contributed by atoms with Crippen LogP contribution in [-0.4, -0.2) is 42.3 Å². The molecule has 0 aromatic heterocycles. The monoisotopic (exact) mass is 331 g/mol. The number of hydrogen-bond acceptors (Lipinski definition) is 6. The number of ketones is 1. The van der Waals surface area contributed by atoms with Crippen LogP contribution in [0.5, 0.6) is 11.5 Å². The fourth-order valence-corrected chi connectivity index (χ4v) is 4.93. The largest absolute Gasteiger partial charge is 0.504 e. The minimum absolute atomic E-state index is 0.0175. The average molecular weight is 331 g/mol. The molecule has 128 valence electrons. The van der Waals surface area contributed by atoms with Crippen molar-refractivity contribution >= 4 is 5.78 Å². The molecular formula is C18H21NO5. The van der Waals surface area contributed by atoms with Crippen molar-refractivity contribution < 1.29 is 24.5 Å². The topological polar surface area (TPSA) is 88.0 Å². The maximum Gasteiger partial charge on any atom is 0.217 e. The molecule has 0 spiro atoms. The number of ether oxygens (including phenoxy) is 2. The number of carbonyl (C=O) groups excluding carboxylic acids is 1. The second-order valence-corrected chi connectivity index (χ2v) is 6.77. The van der Waals surface area contributed by atoms with Gasteiger partial charge in [0, 0.05) is 17.4 Å². The minimum atomic E-state index is -0.955. The molecule has 0 radical (unpaired) electrons. The molecule has 1 saturated heterocycles. The Labute approximate surface area is 140 Å². The molecule has 4 rings (SSSR count). The molecule has 0 unspecified atom stereocenters. The molecule has 2 aliphatic carbocycles. The van der Waals surface area contributed by atoms with Gasteiger partial charge in [0.1, 0.15) is 0 Å². The van der Waals surface area contributed by atoms with Gasteiger partial charge >= 0.3 is 0 Å². The first-order valence-corrected chi connectivity index (χ1v) is 8.13. The number of fused-ring (bicyclic) bond motifs is 1. The molecule has 1 fully saturated rings. The van der Waals surface area contributed by atoms with Gasteiger partial charge in [-0.05, 0) is 37.1 Å². The van der Waals surface area contributed by atoms with Crippen LogP contribution >= 0.6 is 0 Å². The fraction of sp³-hybridized carbons (Fsp3) is 0.500. The Balaban J connectivity index is 2.03. The molecule has 0 bridgehead atoms. The van der Waals surface area contributed by atoms with Gasteiger partial charge in [-0.25, -0.2) is 0 Å². The van der Waals surface area contributed by atoms with Gasteiger partial charge in [-0.3, -0.25) is 4.79 Å². The lowest BCUT2D eigenvalue weighted by atomic mass is 9.53. The molecule has 3 N–H and O–H groups in total. The molecule has 0 saturated carbocycles. The van der Waals surface area contributed by atoms with Crippen LogP contribution in [0.3, 0.4) is 0 Å². The van der Waals surface area contributed by atoms with Gasteiger partial charge in [-0.2, -0.15) is 0 Å². The average Bonchev–Trinajstić information content (AvgIpc) is 2.96. The Kier molecular flexibility index (Phi) is 3.21. The summed E-state index contributed by atoms with van der Waals surface area (Å²) >= 11 is 0. The number of benzene rings is 1. The summed E-state index contributed by atoms with van der Waals surface area (Å²) in [4.78, 5) is 13.1. The van der Waals surface area contributed by atoms with E-state index >= 15 is 0 Å². The summed E-state index contributed by atoms with van der Waals surface area (Å²) in [6, 6.07) is 3.44. The highest BCUT2D eigenvalue weighted by Gasteiger charge is 2.66. The molecular weight excluding hydrogens is 310 g/mol. The number of methoxy groups -OCH3 is 2. The molecule has 6 heteroatoms. The van der Waals surface area contributed by atoms with Crippen molar-refractivity contribution in [3.8, 4) is 11.5 Å². The van der Waals surface area contributed by atoms with Crippen LogP contribution in [0.25, 0.3) is 0 Å². The number of hydrogen-bond donors (Lipinski definition) is 3. The number of rotatable bonds is 2. The van der Waals surface area contributed by atoms with Crippen molar-refractivity contribution in [2.45, 2.75) is 36.3 Å². The lowest BCUT2D eigenvalue weighted by molar-refractivity contribution is -0.130. The lowest BCUT2D eigenvalue weighted by Gasteiger charge is -2.52. The maximum absolute atomic E-state index is 13.1. The summed E-state index contributed by atoms with van der Waals surface area (Å²) in [6.07, 6.45) is 2.50. The highest BCUT2D eigenvalue weighted by Crippen LogP contribution is 2.61. The third kappa shape index (κ3) is 1.60. The van der Waals surface area contributed by atoms with E-state index in [0.717, 1.165) is 0 Å². The number of phenols is 1. The third-order valence-corrected chi connectivity index (χ3v) is 5.99. The second kappa shape index (κ2) is 4.97. The normalized spacial score (nSPS) is 34.0. The third-order valence-electron chi connectivity index (χ3n) is 5.99. The molecule has 0 amide bonds. The highest BCUT2D eigenvalue weighted by atomic mass is 16.5. The van der Waals surface area contributed by atoms with Gasteiger partial charge in [0.15, 0.2) is 17.3 Å². The van der Waals surface area contributed by atoms with Crippen LogP contribution in [0.2, 0.25) is 0 Å². The van der Waals surface area contributed by atoms with Crippen LogP contribution in [-0.2, 0) is 14.9 Å². The van der Waals surface area contributed by atoms with Crippen molar-refractivity contribution in [2.24, 2.45) is 0 Å². The molecule has 1 aromatic rings. The molecule has 3 atom stereocenters. The highest BCUT2D eigenvalue weighted by molar-refractivity contribution is 6.04. The van der Waals surface area contributed by atoms with E-state index in [-0.39, 0.29) is 18.0 Å². The number of aliphatic hydroxyl groups is 1. The molecule has 1 heterocycles. The van der Waals surface area contributed by atoms with Gasteiger partial charge in [0.25, 0.3) is 0 Å². The van der Waals surface area contributed by atoms with Crippen LogP contribution in [0, 0.1) is 0 Å². The fourth-order valence-electron chi connectivity index (χ4n) is 4.93. The Bertz CT molecular complexity index is 758. The van der Waals surface area contributed by atoms with E-state index in [0.29, 0.717) is 42.0 Å². The van der Waals surface area contributed by atoms with Gasteiger partial charge in [0.05, 0.1) is 25.9 Å². The maximum atomic E-state index is 13.1. The van der Waals surface area contributed by atoms with Crippen molar-refractivity contribution in [1.29, 1.82) is 0 Å². The van der Waals surface area contributed by atoms with Crippen molar-refractivity contribution in [3.63, 3.8) is 0 Å². The quantitative estimate of drug-likeness (QED) is 0.757. The number of nitrogens with one attached hydrogen (secondary N) is 1. The zero-order chi connectivity index (χ0) is 17.1. The van der Waals surface area contributed by atoms with Gasteiger partial charge < -0.3 is 25.0 Å². The summed E-state index contributed by atoms with van der Waals surface area (Å²) in [5.41, 5.74) is -0.247. The predicted octanol–water partition coefficient (Wildman–Crippen LogP) is 1.31. The molecule has 1 aromatic carbocycles. The minimum Gasteiger partial charge on any atom is -0.504 e. The van der Waals surface area contributed by atoms with E-state index in [2.05, 4.69) is 5.32 Å². The zero-order valence-corrected chi connectivity index (χ0v) is 13.8. The Morgan fingerprint density at radius 1 is 1.29 bits per heavy atom. The van der Waals surface area contributed by atoms with Crippen molar-refractivity contribution in [3.05, 3.63) is 35.1 Å². The van der Waals surface area contributed by atoms with Crippen LogP contribution < -0.4 is 10.1 Å². The Hall–Kier alpha value is -2.05. The lowest BCUT2D eigenvalue weighted by Crippen LogP contribution is -2.64. The van der Waals surface area contributed by atoms with E-state index < -0.39 is 17.1 Å². The first-order valence-electron chi connectivity index (χ1n) is 8.13. The van der Waals surface area contributed by atoms with Crippen LogP contribution in [0.15, 0.2) is 24.0 Å². The predicted molar refractivity (Wildman–Crippen MR) is 86.0 cm³/mol. The van der Waals surface area contributed by atoms with E-state index in [4.69, 9.17) is 9.47 Å². The Morgan fingerprint density at radius 3 is 2.79 bits per heavy atom. The number of allylic oxidation sites excluding steroid dienone is 1. The number of aliphatic hydroxyl groups excluding tert-OH is 1. The van der Waals surface area contributed by atoms with E-state index in [9.17, 15) is 15.0 Å².